The molecule has 0 saturated heterocycles. The van der Waals surface area contributed by atoms with Crippen molar-refractivity contribution in [2.45, 2.75) is 0 Å². The zero-order valence-electron chi connectivity index (χ0n) is 7.40. The standard InChI is InChI=1S/C9H8ClNO3/c1-14-11-8(9(12)13)6-3-2-4-7(10)5-6/h2-5H,1H3,(H,12,13). The minimum absolute atomic E-state index is 0.171. The number of nitrogens with zero attached hydrogens (tertiary/aromatic N) is 1. The maximum atomic E-state index is 10.7. The zero-order chi connectivity index (χ0) is 10.6. The number of hydrogen-bond donors (Lipinski definition) is 1. The quantitative estimate of drug-likeness (QED) is 0.615. The highest BCUT2D eigenvalue weighted by Crippen LogP contribution is 2.11. The van der Waals surface area contributed by atoms with Crippen LogP contribution < -0.4 is 0 Å². The van der Waals surface area contributed by atoms with Gasteiger partial charge in [0.05, 0.1) is 0 Å². The second kappa shape index (κ2) is 4.62. The van der Waals surface area contributed by atoms with Crippen LogP contribution in [-0.4, -0.2) is 23.9 Å². The molecule has 0 amide bonds. The van der Waals surface area contributed by atoms with E-state index in [1.165, 1.54) is 13.2 Å². The Labute approximate surface area is 85.7 Å². The van der Waals surface area contributed by atoms with Gasteiger partial charge in [-0.25, -0.2) is 4.79 Å². The second-order valence-corrected chi connectivity index (χ2v) is 2.87. The van der Waals surface area contributed by atoms with Gasteiger partial charge in [0.2, 0.25) is 0 Å². The molecule has 1 N–H and O–H groups in total. The molecular weight excluding hydrogens is 206 g/mol. The molecule has 0 aliphatic carbocycles. The average Bonchev–Trinajstić information content (AvgIpc) is 2.13. The van der Waals surface area contributed by atoms with Crippen molar-refractivity contribution in [3.8, 4) is 0 Å². The Hall–Kier alpha value is -1.55. The third kappa shape index (κ3) is 2.47. The number of oxime groups is 1. The molecule has 0 saturated carbocycles. The average molecular weight is 214 g/mol. The molecule has 0 radical (unpaired) electrons. The summed E-state index contributed by atoms with van der Waals surface area (Å²) >= 11 is 5.71. The van der Waals surface area contributed by atoms with Crippen LogP contribution in [0.5, 0.6) is 0 Å². The molecule has 0 aliphatic heterocycles. The van der Waals surface area contributed by atoms with Crippen LogP contribution in [0.4, 0.5) is 0 Å². The third-order valence-corrected chi connectivity index (χ3v) is 1.72. The second-order valence-electron chi connectivity index (χ2n) is 2.44. The molecule has 1 rings (SSSR count). The van der Waals surface area contributed by atoms with E-state index in [9.17, 15) is 4.79 Å². The van der Waals surface area contributed by atoms with E-state index in [1.807, 2.05) is 0 Å². The molecule has 74 valence electrons. The Kier molecular flexibility index (Phi) is 3.48. The highest BCUT2D eigenvalue weighted by molar-refractivity contribution is 6.43. The number of carbonyl (C=O) groups is 1. The molecule has 0 fully saturated rings. The molecule has 14 heavy (non-hydrogen) atoms. The fourth-order valence-corrected chi connectivity index (χ4v) is 1.13. The number of aliphatic carboxylic acids is 1. The first-order valence-electron chi connectivity index (χ1n) is 3.75. The minimum atomic E-state index is -1.16. The van der Waals surface area contributed by atoms with E-state index in [0.29, 0.717) is 10.6 Å². The highest BCUT2D eigenvalue weighted by Gasteiger charge is 2.13. The maximum Gasteiger partial charge on any atom is 0.358 e. The number of hydrogen-bond acceptors (Lipinski definition) is 3. The Morgan fingerprint density at radius 3 is 2.79 bits per heavy atom. The number of benzene rings is 1. The summed E-state index contributed by atoms with van der Waals surface area (Å²) in [5.41, 5.74) is 0.238. The fourth-order valence-electron chi connectivity index (χ4n) is 0.942. The fraction of sp³-hybridized carbons (Fsp3) is 0.111. The maximum absolute atomic E-state index is 10.7. The first kappa shape index (κ1) is 10.5. The van der Waals surface area contributed by atoms with Crippen LogP contribution in [0.1, 0.15) is 5.56 Å². The predicted octanol–water partition coefficient (Wildman–Crippen LogP) is 1.78. The van der Waals surface area contributed by atoms with Crippen molar-refractivity contribution < 1.29 is 14.7 Å². The van der Waals surface area contributed by atoms with E-state index in [-0.39, 0.29) is 5.71 Å². The summed E-state index contributed by atoms with van der Waals surface area (Å²) < 4.78 is 0. The monoisotopic (exact) mass is 213 g/mol. The lowest BCUT2D eigenvalue weighted by Gasteiger charge is -2.00. The van der Waals surface area contributed by atoms with Crippen LogP contribution in [0.3, 0.4) is 0 Å². The van der Waals surface area contributed by atoms with Crippen LogP contribution in [0.25, 0.3) is 0 Å². The zero-order valence-corrected chi connectivity index (χ0v) is 8.15. The van der Waals surface area contributed by atoms with E-state index < -0.39 is 5.97 Å². The van der Waals surface area contributed by atoms with Gasteiger partial charge in [-0.15, -0.1) is 0 Å². The molecule has 5 heteroatoms. The van der Waals surface area contributed by atoms with Crippen LogP contribution in [0, 0.1) is 0 Å². The Morgan fingerprint density at radius 2 is 2.29 bits per heavy atom. The SMILES string of the molecule is CON=C(C(=O)O)c1cccc(Cl)c1. The van der Waals surface area contributed by atoms with Gasteiger partial charge in [0.1, 0.15) is 7.11 Å². The minimum Gasteiger partial charge on any atom is -0.476 e. The molecule has 0 heterocycles. The van der Waals surface area contributed by atoms with Gasteiger partial charge in [-0.2, -0.15) is 0 Å². The summed E-state index contributed by atoms with van der Waals surface area (Å²) in [4.78, 5) is 15.2. The molecule has 0 bridgehead atoms. The molecule has 0 spiro atoms. The summed E-state index contributed by atoms with van der Waals surface area (Å²) in [5.74, 6) is -1.16. The topological polar surface area (TPSA) is 58.9 Å². The Morgan fingerprint density at radius 1 is 1.57 bits per heavy atom. The lowest BCUT2D eigenvalue weighted by atomic mass is 10.1. The van der Waals surface area contributed by atoms with Crippen LogP contribution in [-0.2, 0) is 9.63 Å². The normalized spacial score (nSPS) is 11.1. The van der Waals surface area contributed by atoms with Crippen molar-refractivity contribution in [1.29, 1.82) is 0 Å². The third-order valence-electron chi connectivity index (χ3n) is 1.48. The van der Waals surface area contributed by atoms with Gasteiger partial charge in [-0.3, -0.25) is 0 Å². The van der Waals surface area contributed by atoms with E-state index in [2.05, 4.69) is 9.99 Å². The molecule has 0 aromatic heterocycles. The lowest BCUT2D eigenvalue weighted by Crippen LogP contribution is -2.14. The van der Waals surface area contributed by atoms with E-state index >= 15 is 0 Å². The largest absolute Gasteiger partial charge is 0.476 e. The Bertz CT molecular complexity index is 376. The van der Waals surface area contributed by atoms with Crippen molar-refractivity contribution in [3.05, 3.63) is 34.9 Å². The molecule has 0 atom stereocenters. The van der Waals surface area contributed by atoms with Gasteiger partial charge in [-0.05, 0) is 12.1 Å². The van der Waals surface area contributed by atoms with Gasteiger partial charge in [0, 0.05) is 10.6 Å². The van der Waals surface area contributed by atoms with Gasteiger partial charge < -0.3 is 9.94 Å². The first-order valence-corrected chi connectivity index (χ1v) is 4.13. The molecular formula is C9H8ClNO3. The van der Waals surface area contributed by atoms with Crippen molar-refractivity contribution in [3.63, 3.8) is 0 Å². The number of halogens is 1. The number of rotatable bonds is 3. The van der Waals surface area contributed by atoms with Gasteiger partial charge >= 0.3 is 5.97 Å². The molecule has 4 nitrogen and oxygen atoms in total. The number of carboxylic acid groups (broad SMARTS) is 1. The molecule has 0 aliphatic rings. The Balaban J connectivity index is 3.12. The number of carboxylic acids is 1. The van der Waals surface area contributed by atoms with Gasteiger partial charge in [0.15, 0.2) is 5.71 Å². The van der Waals surface area contributed by atoms with E-state index in [1.54, 1.807) is 18.2 Å². The van der Waals surface area contributed by atoms with Crippen LogP contribution in [0.2, 0.25) is 5.02 Å². The summed E-state index contributed by atoms with van der Waals surface area (Å²) in [6, 6.07) is 6.40. The lowest BCUT2D eigenvalue weighted by molar-refractivity contribution is -0.129. The van der Waals surface area contributed by atoms with Crippen molar-refractivity contribution in [2.24, 2.45) is 5.16 Å². The molecule has 0 unspecified atom stereocenters. The predicted molar refractivity (Wildman–Crippen MR) is 52.6 cm³/mol. The van der Waals surface area contributed by atoms with E-state index in [0.717, 1.165) is 0 Å². The summed E-state index contributed by atoms with van der Waals surface area (Å²) in [7, 11) is 1.29. The summed E-state index contributed by atoms with van der Waals surface area (Å²) in [6.45, 7) is 0. The first-order chi connectivity index (χ1) is 6.65. The van der Waals surface area contributed by atoms with Crippen molar-refractivity contribution >= 4 is 23.3 Å². The summed E-state index contributed by atoms with van der Waals surface area (Å²) in [5, 5.41) is 12.6. The van der Waals surface area contributed by atoms with Gasteiger partial charge in [0.25, 0.3) is 0 Å². The smallest absolute Gasteiger partial charge is 0.358 e. The van der Waals surface area contributed by atoms with Crippen LogP contribution >= 0.6 is 11.6 Å². The van der Waals surface area contributed by atoms with Crippen molar-refractivity contribution in [1.82, 2.24) is 0 Å². The van der Waals surface area contributed by atoms with Crippen molar-refractivity contribution in [2.75, 3.05) is 7.11 Å². The highest BCUT2D eigenvalue weighted by atomic mass is 35.5. The van der Waals surface area contributed by atoms with E-state index in [4.69, 9.17) is 16.7 Å². The van der Waals surface area contributed by atoms with Crippen LogP contribution in [0.15, 0.2) is 29.4 Å². The molecule has 1 aromatic rings. The van der Waals surface area contributed by atoms with Gasteiger partial charge in [-0.1, -0.05) is 28.9 Å². The molecule has 1 aromatic carbocycles. The summed E-state index contributed by atoms with van der Waals surface area (Å²) in [6.07, 6.45) is 0.